The predicted octanol–water partition coefficient (Wildman–Crippen LogP) is 8.21. The van der Waals surface area contributed by atoms with Gasteiger partial charge in [0.15, 0.2) is 0 Å². The molecule has 12 heteroatoms. The molecule has 6 aromatic rings. The number of rotatable bonds is 11. The summed E-state index contributed by atoms with van der Waals surface area (Å²) in [5.41, 5.74) is 2.68. The number of hydrogen-bond acceptors (Lipinski definition) is 6. The molecule has 266 valence electrons. The lowest BCUT2D eigenvalue weighted by Gasteiger charge is -2.16. The zero-order valence-corrected chi connectivity index (χ0v) is 27.7. The van der Waals surface area contributed by atoms with Gasteiger partial charge < -0.3 is 30.6 Å². The lowest BCUT2D eigenvalue weighted by atomic mass is 9.88. The maximum atomic E-state index is 12.0. The third-order valence-corrected chi connectivity index (χ3v) is 8.61. The van der Waals surface area contributed by atoms with Crippen molar-refractivity contribution in [3.63, 3.8) is 0 Å². The van der Waals surface area contributed by atoms with Gasteiger partial charge in [0.05, 0.1) is 33.4 Å². The third-order valence-electron chi connectivity index (χ3n) is 8.61. The zero-order chi connectivity index (χ0) is 38.8. The molecule has 0 aliphatic rings. The molecule has 6 rings (SSSR count). The molecule has 0 fully saturated rings. The summed E-state index contributed by atoms with van der Waals surface area (Å²) >= 11 is 0. The Balaban J connectivity index is 1.68. The molecule has 0 aliphatic carbocycles. The van der Waals surface area contributed by atoms with E-state index in [0.29, 0.717) is 44.5 Å². The Morgan fingerprint density at radius 3 is 0.685 bits per heavy atom. The summed E-state index contributed by atoms with van der Waals surface area (Å²) in [6.45, 7) is 0. The zero-order valence-electron chi connectivity index (χ0n) is 27.7. The van der Waals surface area contributed by atoms with E-state index in [2.05, 4.69) is 0 Å². The topological polar surface area (TPSA) is 224 Å². The highest BCUT2D eigenvalue weighted by atomic mass is 16.4. The lowest BCUT2D eigenvalue weighted by Crippen LogP contribution is -2.03. The number of aromatic carboxylic acids is 6. The first-order chi connectivity index (χ1) is 25.7. The van der Waals surface area contributed by atoms with E-state index in [1.54, 1.807) is 60.7 Å². The van der Waals surface area contributed by atoms with Crippen LogP contribution in [-0.4, -0.2) is 66.5 Å². The first kappa shape index (κ1) is 35.9. The average molecular weight is 723 g/mol. The summed E-state index contributed by atoms with van der Waals surface area (Å²) in [7, 11) is 0. The van der Waals surface area contributed by atoms with Crippen molar-refractivity contribution < 1.29 is 59.4 Å². The van der Waals surface area contributed by atoms with Crippen LogP contribution in [0.5, 0.6) is 0 Å². The van der Waals surface area contributed by atoms with E-state index in [-0.39, 0.29) is 44.5 Å². The second-order valence-electron chi connectivity index (χ2n) is 12.2. The Morgan fingerprint density at radius 2 is 0.444 bits per heavy atom. The monoisotopic (exact) mass is 722 g/mol. The molecule has 0 spiro atoms. The number of carbonyl (C=O) groups is 6. The minimum atomic E-state index is -1.37. The summed E-state index contributed by atoms with van der Waals surface area (Å²) in [5, 5.41) is 58.6. The number of carboxylic acids is 6. The molecule has 0 aromatic heterocycles. The van der Waals surface area contributed by atoms with Crippen molar-refractivity contribution >= 4 is 35.8 Å². The standard InChI is InChI=1S/C42H26O12/c43-37(44)23-5-1-3-21(7-23)25-9-27(13-29(11-25)31-15-33(39(47)48)19-34(16-31)40(49)50)28-10-26(22-4-2-6-24(8-22)38(45)46)12-30(14-28)32-17-35(41(51)52)20-36(18-32)42(53)54/h1-20H,(H,43,44)(H,45,46)(H,47,48)(H,49,50)(H,51,52)(H,53,54). The Kier molecular flexibility index (Phi) is 9.59. The maximum Gasteiger partial charge on any atom is 0.335 e. The van der Waals surface area contributed by atoms with Crippen molar-refractivity contribution in [3.05, 3.63) is 155 Å². The summed E-state index contributed by atoms with van der Waals surface area (Å²) in [4.78, 5) is 71.9. The van der Waals surface area contributed by atoms with Crippen LogP contribution < -0.4 is 0 Å². The van der Waals surface area contributed by atoms with Gasteiger partial charge in [0.25, 0.3) is 0 Å². The first-order valence-electron chi connectivity index (χ1n) is 15.9. The minimum Gasteiger partial charge on any atom is -0.478 e. The fourth-order valence-electron chi connectivity index (χ4n) is 6.00. The molecule has 0 atom stereocenters. The molecule has 6 N–H and O–H groups in total. The summed E-state index contributed by atoms with van der Waals surface area (Å²) in [6, 6.07) is 29.4. The number of hydrogen-bond donors (Lipinski definition) is 6. The van der Waals surface area contributed by atoms with E-state index in [1.807, 2.05) is 0 Å². The largest absolute Gasteiger partial charge is 0.478 e. The van der Waals surface area contributed by atoms with E-state index in [1.165, 1.54) is 48.5 Å². The van der Waals surface area contributed by atoms with Crippen molar-refractivity contribution in [2.45, 2.75) is 0 Å². The van der Waals surface area contributed by atoms with E-state index in [0.717, 1.165) is 12.1 Å². The van der Waals surface area contributed by atoms with Gasteiger partial charge in [-0.15, -0.1) is 0 Å². The molecule has 0 amide bonds. The van der Waals surface area contributed by atoms with Crippen LogP contribution in [0.2, 0.25) is 0 Å². The van der Waals surface area contributed by atoms with E-state index >= 15 is 0 Å². The van der Waals surface area contributed by atoms with Gasteiger partial charge in [0, 0.05) is 0 Å². The smallest absolute Gasteiger partial charge is 0.335 e. The maximum absolute atomic E-state index is 12.0. The Bertz CT molecular complexity index is 2340. The van der Waals surface area contributed by atoms with Crippen molar-refractivity contribution in [3.8, 4) is 55.6 Å². The van der Waals surface area contributed by atoms with Gasteiger partial charge in [-0.3, -0.25) is 0 Å². The van der Waals surface area contributed by atoms with Crippen molar-refractivity contribution in [1.82, 2.24) is 0 Å². The minimum absolute atomic E-state index is 0.0179. The first-order valence-corrected chi connectivity index (χ1v) is 15.9. The molecule has 0 aliphatic heterocycles. The lowest BCUT2D eigenvalue weighted by molar-refractivity contribution is 0.0676. The van der Waals surface area contributed by atoms with E-state index < -0.39 is 35.8 Å². The molecule has 0 radical (unpaired) electrons. The Labute approximate surface area is 305 Å². The van der Waals surface area contributed by atoms with Gasteiger partial charge in [-0.25, -0.2) is 28.8 Å². The molecule has 0 heterocycles. The van der Waals surface area contributed by atoms with Gasteiger partial charge in [0.2, 0.25) is 0 Å². The fraction of sp³-hybridized carbons (Fsp3) is 0. The Morgan fingerprint density at radius 1 is 0.241 bits per heavy atom. The van der Waals surface area contributed by atoms with E-state index in [9.17, 15) is 59.4 Å². The second kappa shape index (κ2) is 14.4. The molecule has 0 saturated carbocycles. The van der Waals surface area contributed by atoms with Crippen LogP contribution in [0.4, 0.5) is 0 Å². The van der Waals surface area contributed by atoms with Crippen LogP contribution in [-0.2, 0) is 0 Å². The van der Waals surface area contributed by atoms with Crippen LogP contribution in [0.3, 0.4) is 0 Å². The summed E-state index contributed by atoms with van der Waals surface area (Å²) in [5.74, 6) is -7.83. The molecule has 12 nitrogen and oxygen atoms in total. The van der Waals surface area contributed by atoms with Crippen molar-refractivity contribution in [1.29, 1.82) is 0 Å². The van der Waals surface area contributed by atoms with Crippen molar-refractivity contribution in [2.24, 2.45) is 0 Å². The third kappa shape index (κ3) is 7.57. The van der Waals surface area contributed by atoms with Gasteiger partial charge in [-0.1, -0.05) is 24.3 Å². The van der Waals surface area contributed by atoms with Gasteiger partial charge in [-0.2, -0.15) is 0 Å². The molecule has 0 unspecified atom stereocenters. The van der Waals surface area contributed by atoms with E-state index in [4.69, 9.17) is 0 Å². The van der Waals surface area contributed by atoms with Crippen LogP contribution in [0.25, 0.3) is 55.6 Å². The van der Waals surface area contributed by atoms with Crippen molar-refractivity contribution in [2.75, 3.05) is 0 Å². The molecule has 0 saturated heterocycles. The highest BCUT2D eigenvalue weighted by Crippen LogP contribution is 2.38. The van der Waals surface area contributed by atoms with Gasteiger partial charge in [0.1, 0.15) is 0 Å². The number of benzene rings is 6. The second-order valence-corrected chi connectivity index (χ2v) is 12.2. The Hall–Kier alpha value is -7.86. The fourth-order valence-corrected chi connectivity index (χ4v) is 6.00. The molecule has 6 aromatic carbocycles. The highest BCUT2D eigenvalue weighted by Gasteiger charge is 2.18. The summed E-state index contributed by atoms with van der Waals surface area (Å²) in [6.07, 6.45) is 0. The highest BCUT2D eigenvalue weighted by molar-refractivity contribution is 5.99. The van der Waals surface area contributed by atoms with Crippen LogP contribution in [0.1, 0.15) is 62.1 Å². The molecular formula is C42H26O12. The molecular weight excluding hydrogens is 696 g/mol. The van der Waals surface area contributed by atoms with Crippen LogP contribution in [0, 0.1) is 0 Å². The normalized spacial score (nSPS) is 10.7. The molecule has 54 heavy (non-hydrogen) atoms. The quantitative estimate of drug-likeness (QED) is 0.0744. The van der Waals surface area contributed by atoms with Gasteiger partial charge in [-0.05, 0) is 153 Å². The SMILES string of the molecule is O=C(O)c1cccc(-c2cc(-c3cc(C(=O)O)cc(C(=O)O)c3)cc(-c3cc(-c4cccc(C(=O)O)c4)cc(-c4cc(C(=O)O)cc(C(=O)O)c4)c3)c2)c1. The van der Waals surface area contributed by atoms with Crippen LogP contribution in [0.15, 0.2) is 121 Å². The summed E-state index contributed by atoms with van der Waals surface area (Å²) < 4.78 is 0. The predicted molar refractivity (Wildman–Crippen MR) is 195 cm³/mol. The molecule has 0 bridgehead atoms. The van der Waals surface area contributed by atoms with Gasteiger partial charge >= 0.3 is 35.8 Å². The number of carboxylic acid groups (broad SMARTS) is 6. The van der Waals surface area contributed by atoms with Crippen LogP contribution >= 0.6 is 0 Å². The average Bonchev–Trinajstić information content (AvgIpc) is 3.17.